The quantitative estimate of drug-likeness (QED) is 0.442. The van der Waals surface area contributed by atoms with E-state index in [-0.39, 0.29) is 17.9 Å². The molecule has 2 N–H and O–H groups in total. The summed E-state index contributed by atoms with van der Waals surface area (Å²) in [5.74, 6) is 0.622. The number of carbonyl (C=O) groups excluding carboxylic acids is 1. The summed E-state index contributed by atoms with van der Waals surface area (Å²) in [4.78, 5) is 12.6. The maximum Gasteiger partial charge on any atom is 0.338 e. The van der Waals surface area contributed by atoms with Crippen LogP contribution >= 0.6 is 12.2 Å². The van der Waals surface area contributed by atoms with E-state index in [1.165, 1.54) is 0 Å². The zero-order valence-electron chi connectivity index (χ0n) is 14.8. The SMILES string of the molecule is C=CCOc1cccc([C@H]2NC(=S)NC(C)=C2C(=O)OCC(C)C)c1. The van der Waals surface area contributed by atoms with Crippen molar-refractivity contribution < 1.29 is 14.3 Å². The van der Waals surface area contributed by atoms with Gasteiger partial charge in [0.25, 0.3) is 0 Å². The number of benzene rings is 1. The zero-order chi connectivity index (χ0) is 18.4. The van der Waals surface area contributed by atoms with Gasteiger partial charge in [-0.1, -0.05) is 38.6 Å². The number of nitrogens with one attached hydrogen (secondary N) is 2. The fourth-order valence-electron chi connectivity index (χ4n) is 2.47. The second-order valence-corrected chi connectivity index (χ2v) is 6.64. The van der Waals surface area contributed by atoms with Crippen molar-refractivity contribution in [2.45, 2.75) is 26.8 Å². The standard InChI is InChI=1S/C19H24N2O3S/c1-5-9-23-15-8-6-7-14(10-15)17-16(13(4)20-19(25)21-17)18(22)24-11-12(2)3/h5-8,10,12,17H,1,9,11H2,2-4H3,(H2,20,21,25)/t17-/m1/s1. The molecule has 0 saturated heterocycles. The Morgan fingerprint density at radius 2 is 2.20 bits per heavy atom. The third kappa shape index (κ3) is 5.06. The first kappa shape index (κ1) is 19.0. The number of rotatable bonds is 7. The highest BCUT2D eigenvalue weighted by Gasteiger charge is 2.31. The molecule has 1 aliphatic heterocycles. The van der Waals surface area contributed by atoms with Gasteiger partial charge in [-0.2, -0.15) is 0 Å². The summed E-state index contributed by atoms with van der Waals surface area (Å²) in [5, 5.41) is 6.62. The number of hydrogen-bond acceptors (Lipinski definition) is 4. The van der Waals surface area contributed by atoms with Gasteiger partial charge in [-0.05, 0) is 42.8 Å². The van der Waals surface area contributed by atoms with Crippen molar-refractivity contribution >= 4 is 23.3 Å². The number of hydrogen-bond donors (Lipinski definition) is 2. The minimum atomic E-state index is -0.388. The fraction of sp³-hybridized carbons (Fsp3) is 0.368. The summed E-state index contributed by atoms with van der Waals surface area (Å²) in [6.07, 6.45) is 1.68. The molecule has 134 valence electrons. The van der Waals surface area contributed by atoms with Crippen LogP contribution in [0.2, 0.25) is 0 Å². The first-order chi connectivity index (χ1) is 11.9. The van der Waals surface area contributed by atoms with Crippen LogP contribution < -0.4 is 15.4 Å². The zero-order valence-corrected chi connectivity index (χ0v) is 15.6. The highest BCUT2D eigenvalue weighted by molar-refractivity contribution is 7.80. The topological polar surface area (TPSA) is 59.6 Å². The molecule has 6 heteroatoms. The molecule has 1 heterocycles. The third-order valence-corrected chi connectivity index (χ3v) is 3.82. The van der Waals surface area contributed by atoms with Crippen LogP contribution in [-0.2, 0) is 9.53 Å². The van der Waals surface area contributed by atoms with Gasteiger partial charge >= 0.3 is 5.97 Å². The average molecular weight is 360 g/mol. The van der Waals surface area contributed by atoms with Crippen molar-refractivity contribution in [3.63, 3.8) is 0 Å². The lowest BCUT2D eigenvalue weighted by atomic mass is 9.95. The van der Waals surface area contributed by atoms with Crippen LogP contribution in [0.25, 0.3) is 0 Å². The Morgan fingerprint density at radius 3 is 2.88 bits per heavy atom. The highest BCUT2D eigenvalue weighted by Crippen LogP contribution is 2.29. The lowest BCUT2D eigenvalue weighted by Gasteiger charge is -2.30. The molecule has 0 fully saturated rings. The molecule has 0 amide bonds. The number of carbonyl (C=O) groups is 1. The van der Waals surface area contributed by atoms with Gasteiger partial charge in [0.05, 0.1) is 18.2 Å². The summed E-state index contributed by atoms with van der Waals surface area (Å²) >= 11 is 5.26. The van der Waals surface area contributed by atoms with Crippen LogP contribution in [0.15, 0.2) is 48.2 Å². The lowest BCUT2D eigenvalue weighted by Crippen LogP contribution is -2.45. The van der Waals surface area contributed by atoms with Crippen LogP contribution in [0.3, 0.4) is 0 Å². The van der Waals surface area contributed by atoms with E-state index in [1.54, 1.807) is 6.08 Å². The summed E-state index contributed by atoms with van der Waals surface area (Å²) in [6.45, 7) is 10.3. The molecule has 0 spiro atoms. The van der Waals surface area contributed by atoms with Crippen LogP contribution in [0.4, 0.5) is 0 Å². The predicted molar refractivity (Wildman–Crippen MR) is 102 cm³/mol. The molecule has 25 heavy (non-hydrogen) atoms. The molecule has 5 nitrogen and oxygen atoms in total. The molecule has 1 aromatic rings. The highest BCUT2D eigenvalue weighted by atomic mass is 32.1. The van der Waals surface area contributed by atoms with Crippen molar-refractivity contribution in [2.24, 2.45) is 5.92 Å². The summed E-state index contributed by atoms with van der Waals surface area (Å²) in [7, 11) is 0. The van der Waals surface area contributed by atoms with Crippen LogP contribution in [-0.4, -0.2) is 24.3 Å². The van der Waals surface area contributed by atoms with Crippen molar-refractivity contribution in [1.82, 2.24) is 10.6 Å². The van der Waals surface area contributed by atoms with Gasteiger partial charge in [-0.3, -0.25) is 0 Å². The fourth-order valence-corrected chi connectivity index (χ4v) is 2.74. The Hall–Kier alpha value is -2.34. The lowest BCUT2D eigenvalue weighted by molar-refractivity contribution is -0.140. The number of esters is 1. The largest absolute Gasteiger partial charge is 0.490 e. The summed E-state index contributed by atoms with van der Waals surface area (Å²) < 4.78 is 11.0. The van der Waals surface area contributed by atoms with Gasteiger partial charge in [-0.25, -0.2) is 4.79 Å². The Bertz CT molecular complexity index is 698. The molecule has 2 rings (SSSR count). The maximum atomic E-state index is 12.6. The van der Waals surface area contributed by atoms with Crippen LogP contribution in [0.5, 0.6) is 5.75 Å². The van der Waals surface area contributed by atoms with Gasteiger partial charge in [0.2, 0.25) is 0 Å². The van der Waals surface area contributed by atoms with Gasteiger partial charge < -0.3 is 20.1 Å². The number of allylic oxidation sites excluding steroid dienone is 1. The van der Waals surface area contributed by atoms with E-state index in [0.717, 1.165) is 5.56 Å². The second kappa shape index (κ2) is 8.67. The monoisotopic (exact) mass is 360 g/mol. The van der Waals surface area contributed by atoms with E-state index in [9.17, 15) is 4.79 Å². The van der Waals surface area contributed by atoms with Crippen molar-refractivity contribution in [1.29, 1.82) is 0 Å². The van der Waals surface area contributed by atoms with E-state index in [0.29, 0.717) is 35.3 Å². The molecule has 1 atom stereocenters. The molecule has 0 radical (unpaired) electrons. The van der Waals surface area contributed by atoms with Gasteiger partial charge in [0.1, 0.15) is 12.4 Å². The van der Waals surface area contributed by atoms with Gasteiger partial charge in [-0.15, -0.1) is 0 Å². The third-order valence-electron chi connectivity index (χ3n) is 3.60. The van der Waals surface area contributed by atoms with Crippen molar-refractivity contribution in [2.75, 3.05) is 13.2 Å². The minimum absolute atomic E-state index is 0.268. The predicted octanol–water partition coefficient (Wildman–Crippen LogP) is 3.24. The normalized spacial score (nSPS) is 17.0. The summed E-state index contributed by atoms with van der Waals surface area (Å²) in [5.41, 5.74) is 2.09. The van der Waals surface area contributed by atoms with E-state index >= 15 is 0 Å². The van der Waals surface area contributed by atoms with Gasteiger partial charge in [0.15, 0.2) is 5.11 Å². The first-order valence-corrected chi connectivity index (χ1v) is 8.62. The molecule has 0 unspecified atom stereocenters. The number of ether oxygens (including phenoxy) is 2. The molecular weight excluding hydrogens is 336 g/mol. The Morgan fingerprint density at radius 1 is 1.44 bits per heavy atom. The van der Waals surface area contributed by atoms with E-state index in [1.807, 2.05) is 45.0 Å². The molecular formula is C19H24N2O3S. The molecule has 1 aliphatic rings. The van der Waals surface area contributed by atoms with Crippen molar-refractivity contribution in [3.8, 4) is 5.75 Å². The molecule has 0 bridgehead atoms. The molecule has 1 aromatic carbocycles. The van der Waals surface area contributed by atoms with Crippen LogP contribution in [0.1, 0.15) is 32.4 Å². The smallest absolute Gasteiger partial charge is 0.338 e. The molecule has 0 aromatic heterocycles. The van der Waals surface area contributed by atoms with Crippen LogP contribution in [0, 0.1) is 5.92 Å². The Kier molecular flexibility index (Phi) is 6.58. The van der Waals surface area contributed by atoms with E-state index < -0.39 is 0 Å². The van der Waals surface area contributed by atoms with E-state index in [2.05, 4.69) is 17.2 Å². The first-order valence-electron chi connectivity index (χ1n) is 8.21. The Balaban J connectivity index is 2.32. The van der Waals surface area contributed by atoms with Crippen molar-refractivity contribution in [3.05, 3.63) is 53.8 Å². The second-order valence-electron chi connectivity index (χ2n) is 6.23. The van der Waals surface area contributed by atoms with Gasteiger partial charge in [0, 0.05) is 5.70 Å². The average Bonchev–Trinajstić information content (AvgIpc) is 2.57. The number of thiocarbonyl (C=S) groups is 1. The Labute approximate surface area is 154 Å². The van der Waals surface area contributed by atoms with E-state index in [4.69, 9.17) is 21.7 Å². The minimum Gasteiger partial charge on any atom is -0.490 e. The summed E-state index contributed by atoms with van der Waals surface area (Å²) in [6, 6.07) is 7.17. The molecule has 0 saturated carbocycles. The molecule has 0 aliphatic carbocycles. The maximum absolute atomic E-state index is 12.6.